The molecule has 18 heavy (non-hydrogen) atoms. The Hall–Kier alpha value is -1.73. The van der Waals surface area contributed by atoms with E-state index in [0.29, 0.717) is 24.7 Å². The van der Waals surface area contributed by atoms with Crippen molar-refractivity contribution in [1.29, 1.82) is 5.26 Å². The second kappa shape index (κ2) is 5.28. The SMILES string of the molecule is N#CCCN(c1cccc(Cl)c1C(=O)O)C1CC1. The molecule has 0 amide bonds. The van der Waals surface area contributed by atoms with E-state index in [1.165, 1.54) is 0 Å². The van der Waals surface area contributed by atoms with Gasteiger partial charge in [0, 0.05) is 12.6 Å². The molecule has 1 aliphatic carbocycles. The molecule has 0 aliphatic heterocycles. The third kappa shape index (κ3) is 2.57. The summed E-state index contributed by atoms with van der Waals surface area (Å²) in [5, 5.41) is 18.2. The summed E-state index contributed by atoms with van der Waals surface area (Å²) in [7, 11) is 0. The van der Waals surface area contributed by atoms with Crippen molar-refractivity contribution in [3.05, 3.63) is 28.8 Å². The number of halogens is 1. The summed E-state index contributed by atoms with van der Waals surface area (Å²) in [6.07, 6.45) is 2.45. The second-order valence-electron chi connectivity index (χ2n) is 4.27. The number of rotatable bonds is 5. The van der Waals surface area contributed by atoms with Crippen LogP contribution in [-0.2, 0) is 0 Å². The number of nitrogens with zero attached hydrogens (tertiary/aromatic N) is 2. The van der Waals surface area contributed by atoms with E-state index >= 15 is 0 Å². The van der Waals surface area contributed by atoms with Crippen molar-refractivity contribution in [2.75, 3.05) is 11.4 Å². The van der Waals surface area contributed by atoms with Crippen LogP contribution in [0.4, 0.5) is 5.69 Å². The first-order chi connectivity index (χ1) is 8.65. The maximum atomic E-state index is 11.3. The molecule has 1 N–H and O–H groups in total. The van der Waals surface area contributed by atoms with Gasteiger partial charge in [-0.1, -0.05) is 17.7 Å². The number of benzene rings is 1. The number of nitriles is 1. The van der Waals surface area contributed by atoms with Crippen LogP contribution in [0.3, 0.4) is 0 Å². The zero-order valence-corrected chi connectivity index (χ0v) is 10.5. The molecule has 1 aromatic carbocycles. The van der Waals surface area contributed by atoms with E-state index in [1.54, 1.807) is 18.2 Å². The number of carboxylic acid groups (broad SMARTS) is 1. The zero-order chi connectivity index (χ0) is 13.1. The van der Waals surface area contributed by atoms with E-state index < -0.39 is 5.97 Å². The quantitative estimate of drug-likeness (QED) is 0.888. The van der Waals surface area contributed by atoms with Gasteiger partial charge in [-0.2, -0.15) is 5.26 Å². The van der Waals surface area contributed by atoms with Crippen molar-refractivity contribution < 1.29 is 9.90 Å². The molecule has 0 radical (unpaired) electrons. The van der Waals surface area contributed by atoms with Gasteiger partial charge < -0.3 is 10.0 Å². The van der Waals surface area contributed by atoms with Gasteiger partial charge >= 0.3 is 5.97 Å². The number of anilines is 1. The molecule has 0 atom stereocenters. The van der Waals surface area contributed by atoms with Gasteiger partial charge in [-0.25, -0.2) is 4.79 Å². The normalized spacial score (nSPS) is 14.0. The van der Waals surface area contributed by atoms with Gasteiger partial charge in [0.1, 0.15) is 5.56 Å². The molecule has 5 heteroatoms. The van der Waals surface area contributed by atoms with Crippen LogP contribution in [0.5, 0.6) is 0 Å². The van der Waals surface area contributed by atoms with E-state index in [4.69, 9.17) is 16.9 Å². The molecule has 1 saturated carbocycles. The van der Waals surface area contributed by atoms with E-state index in [9.17, 15) is 9.90 Å². The fourth-order valence-corrected chi connectivity index (χ4v) is 2.27. The summed E-state index contributed by atoms with van der Waals surface area (Å²) in [6, 6.07) is 7.50. The number of carboxylic acids is 1. The van der Waals surface area contributed by atoms with Crippen LogP contribution < -0.4 is 4.90 Å². The highest BCUT2D eigenvalue weighted by molar-refractivity contribution is 6.34. The van der Waals surface area contributed by atoms with Gasteiger partial charge in [-0.3, -0.25) is 0 Å². The van der Waals surface area contributed by atoms with Crippen molar-refractivity contribution in [2.24, 2.45) is 0 Å². The molecular weight excluding hydrogens is 252 g/mol. The molecule has 0 bridgehead atoms. The average Bonchev–Trinajstić information content (AvgIpc) is 3.13. The smallest absolute Gasteiger partial charge is 0.339 e. The number of hydrogen-bond acceptors (Lipinski definition) is 3. The predicted octanol–water partition coefficient (Wildman–Crippen LogP) is 2.92. The van der Waals surface area contributed by atoms with Crippen LogP contribution >= 0.6 is 11.6 Å². The van der Waals surface area contributed by atoms with Crippen molar-refractivity contribution in [3.8, 4) is 6.07 Å². The molecule has 0 unspecified atom stereocenters. The molecule has 0 aromatic heterocycles. The van der Waals surface area contributed by atoms with Gasteiger partial charge in [0.15, 0.2) is 0 Å². The minimum Gasteiger partial charge on any atom is -0.478 e. The summed E-state index contributed by atoms with van der Waals surface area (Å²) in [5.41, 5.74) is 0.747. The summed E-state index contributed by atoms with van der Waals surface area (Å²) < 4.78 is 0. The minimum atomic E-state index is -1.03. The van der Waals surface area contributed by atoms with Crippen molar-refractivity contribution in [3.63, 3.8) is 0 Å². The fraction of sp³-hybridized carbons (Fsp3) is 0.385. The van der Waals surface area contributed by atoms with Gasteiger partial charge in [-0.05, 0) is 25.0 Å². The minimum absolute atomic E-state index is 0.129. The van der Waals surface area contributed by atoms with E-state index in [0.717, 1.165) is 12.8 Å². The standard InChI is InChI=1S/C13H13ClN2O2/c14-10-3-1-4-11(12(10)13(17)18)16(8-2-7-15)9-5-6-9/h1,3-4,9H,2,5-6,8H2,(H,17,18). The maximum absolute atomic E-state index is 11.3. The molecular formula is C13H13ClN2O2. The molecule has 1 aromatic rings. The highest BCUT2D eigenvalue weighted by atomic mass is 35.5. The second-order valence-corrected chi connectivity index (χ2v) is 4.68. The maximum Gasteiger partial charge on any atom is 0.339 e. The zero-order valence-electron chi connectivity index (χ0n) is 9.77. The van der Waals surface area contributed by atoms with Crippen LogP contribution in [-0.4, -0.2) is 23.7 Å². The van der Waals surface area contributed by atoms with Crippen molar-refractivity contribution in [2.45, 2.75) is 25.3 Å². The molecule has 0 spiro atoms. The largest absolute Gasteiger partial charge is 0.478 e. The Kier molecular flexibility index (Phi) is 3.73. The van der Waals surface area contributed by atoms with Crippen LogP contribution in [0.2, 0.25) is 5.02 Å². The summed E-state index contributed by atoms with van der Waals surface area (Å²) >= 11 is 5.96. The van der Waals surface area contributed by atoms with Crippen LogP contribution in [0.1, 0.15) is 29.6 Å². The van der Waals surface area contributed by atoms with Gasteiger partial charge in [-0.15, -0.1) is 0 Å². The molecule has 4 nitrogen and oxygen atoms in total. The number of carbonyl (C=O) groups is 1. The van der Waals surface area contributed by atoms with Gasteiger partial charge in [0.05, 0.1) is 23.2 Å². The fourth-order valence-electron chi connectivity index (χ4n) is 2.02. The third-order valence-corrected chi connectivity index (χ3v) is 3.28. The lowest BCUT2D eigenvalue weighted by Crippen LogP contribution is -2.28. The topological polar surface area (TPSA) is 64.3 Å². The Bertz CT molecular complexity index is 506. The predicted molar refractivity (Wildman–Crippen MR) is 69.0 cm³/mol. The Labute approximate surface area is 110 Å². The molecule has 1 fully saturated rings. The molecule has 94 valence electrons. The van der Waals surface area contributed by atoms with E-state index in [-0.39, 0.29) is 10.6 Å². The summed E-state index contributed by atoms with van der Waals surface area (Å²) in [5.74, 6) is -1.03. The van der Waals surface area contributed by atoms with Crippen LogP contribution in [0, 0.1) is 11.3 Å². The molecule has 2 rings (SSSR count). The van der Waals surface area contributed by atoms with Gasteiger partial charge in [0.2, 0.25) is 0 Å². The Balaban J connectivity index is 2.38. The van der Waals surface area contributed by atoms with Gasteiger partial charge in [0.25, 0.3) is 0 Å². The van der Waals surface area contributed by atoms with Crippen molar-refractivity contribution in [1.82, 2.24) is 0 Å². The highest BCUT2D eigenvalue weighted by Gasteiger charge is 2.31. The average molecular weight is 265 g/mol. The molecule has 0 heterocycles. The Morgan fingerprint density at radius 2 is 2.28 bits per heavy atom. The molecule has 0 saturated heterocycles. The van der Waals surface area contributed by atoms with Crippen molar-refractivity contribution >= 4 is 23.3 Å². The monoisotopic (exact) mass is 264 g/mol. The van der Waals surface area contributed by atoms with Crippen LogP contribution in [0.25, 0.3) is 0 Å². The summed E-state index contributed by atoms with van der Waals surface area (Å²) in [6.45, 7) is 0.543. The first kappa shape index (κ1) is 12.7. The lowest BCUT2D eigenvalue weighted by molar-refractivity contribution is 0.0697. The Morgan fingerprint density at radius 1 is 1.56 bits per heavy atom. The lowest BCUT2D eigenvalue weighted by Gasteiger charge is -2.25. The van der Waals surface area contributed by atoms with E-state index in [1.807, 2.05) is 4.90 Å². The third-order valence-electron chi connectivity index (χ3n) is 2.97. The first-order valence-corrected chi connectivity index (χ1v) is 6.18. The van der Waals surface area contributed by atoms with E-state index in [2.05, 4.69) is 6.07 Å². The lowest BCUT2D eigenvalue weighted by atomic mass is 10.1. The highest BCUT2D eigenvalue weighted by Crippen LogP contribution is 2.36. The Morgan fingerprint density at radius 3 is 2.83 bits per heavy atom. The molecule has 1 aliphatic rings. The van der Waals surface area contributed by atoms with Crippen LogP contribution in [0.15, 0.2) is 18.2 Å². The first-order valence-electron chi connectivity index (χ1n) is 5.80. The number of hydrogen-bond donors (Lipinski definition) is 1. The summed E-state index contributed by atoms with van der Waals surface area (Å²) in [4.78, 5) is 13.3. The number of aromatic carboxylic acids is 1.